The summed E-state index contributed by atoms with van der Waals surface area (Å²) in [5.41, 5.74) is 4.35. The van der Waals surface area contributed by atoms with Gasteiger partial charge in [0.25, 0.3) is 17.0 Å². The van der Waals surface area contributed by atoms with E-state index in [1.54, 1.807) is 6.07 Å². The lowest BCUT2D eigenvalue weighted by Crippen LogP contribution is -2.24. The Labute approximate surface area is 181 Å². The van der Waals surface area contributed by atoms with Gasteiger partial charge in [-0.25, -0.2) is 15.0 Å². The minimum absolute atomic E-state index is 0.00817. The Bertz CT molecular complexity index is 1230. The van der Waals surface area contributed by atoms with Crippen LogP contribution in [-0.4, -0.2) is 37.4 Å². The standard InChI is InChI=1S/C11H8Cl2N4O2.C5H3ClN2O3/c12-5-1-2-8(7(14)3-5)15-10(18)6-4-9(13)16-17-11(6)19;6-3-1-2(5(10)11)4(9)8-7-3/h1-4H,14H2,(H,15,18)(H,17,19);1H,(H,8,9)(H,10,11). The smallest absolute Gasteiger partial charge is 0.341 e. The molecule has 11 nitrogen and oxygen atoms in total. The first kappa shape index (κ1) is 22.9. The van der Waals surface area contributed by atoms with Crippen molar-refractivity contribution < 1.29 is 14.7 Å². The Kier molecular flexibility index (Phi) is 7.53. The summed E-state index contributed by atoms with van der Waals surface area (Å²) in [5.74, 6) is -1.96. The van der Waals surface area contributed by atoms with Crippen molar-refractivity contribution in [3.63, 3.8) is 0 Å². The number of aromatic amines is 2. The van der Waals surface area contributed by atoms with E-state index in [1.165, 1.54) is 18.2 Å². The Morgan fingerprint density at radius 3 is 1.97 bits per heavy atom. The maximum atomic E-state index is 11.9. The second-order valence-corrected chi connectivity index (χ2v) is 6.57. The van der Waals surface area contributed by atoms with Crippen LogP contribution in [0.2, 0.25) is 15.3 Å². The molecule has 3 aromatic rings. The van der Waals surface area contributed by atoms with Crippen LogP contribution in [0.1, 0.15) is 20.7 Å². The van der Waals surface area contributed by atoms with E-state index < -0.39 is 28.6 Å². The Hall–Kier alpha value is -3.41. The van der Waals surface area contributed by atoms with Gasteiger partial charge in [-0.05, 0) is 30.3 Å². The van der Waals surface area contributed by atoms with Crippen molar-refractivity contribution >= 4 is 58.1 Å². The van der Waals surface area contributed by atoms with E-state index >= 15 is 0 Å². The second-order valence-electron chi connectivity index (χ2n) is 5.36. The number of hydrogen-bond acceptors (Lipinski definition) is 7. The first-order chi connectivity index (χ1) is 14.1. The zero-order valence-electron chi connectivity index (χ0n) is 14.6. The third-order valence-electron chi connectivity index (χ3n) is 3.28. The molecule has 2 aromatic heterocycles. The molecule has 0 bridgehead atoms. The lowest BCUT2D eigenvalue weighted by molar-refractivity contribution is 0.0694. The number of carboxylic acid groups (broad SMARTS) is 1. The average molecular weight is 474 g/mol. The van der Waals surface area contributed by atoms with Crippen LogP contribution in [0.15, 0.2) is 39.9 Å². The second kappa shape index (κ2) is 9.87. The summed E-state index contributed by atoms with van der Waals surface area (Å²) >= 11 is 16.7. The van der Waals surface area contributed by atoms with Gasteiger partial charge in [0.15, 0.2) is 0 Å². The number of carbonyl (C=O) groups is 2. The van der Waals surface area contributed by atoms with Gasteiger partial charge in [0.1, 0.15) is 21.4 Å². The molecule has 0 atom stereocenters. The number of rotatable bonds is 3. The topological polar surface area (TPSA) is 184 Å². The monoisotopic (exact) mass is 472 g/mol. The van der Waals surface area contributed by atoms with E-state index in [-0.39, 0.29) is 21.6 Å². The highest BCUT2D eigenvalue weighted by atomic mass is 35.5. The molecule has 14 heteroatoms. The number of nitrogen functional groups attached to an aromatic ring is 1. The number of nitrogens with two attached hydrogens (primary N) is 1. The lowest BCUT2D eigenvalue weighted by Gasteiger charge is -2.07. The number of benzene rings is 1. The van der Waals surface area contributed by atoms with Crippen LogP contribution in [-0.2, 0) is 0 Å². The van der Waals surface area contributed by atoms with Crippen LogP contribution >= 0.6 is 34.8 Å². The summed E-state index contributed by atoms with van der Waals surface area (Å²) in [6.45, 7) is 0. The summed E-state index contributed by atoms with van der Waals surface area (Å²) in [6.07, 6.45) is 0. The predicted octanol–water partition coefficient (Wildman–Crippen LogP) is 2.03. The number of aromatic carboxylic acids is 1. The molecule has 2 heterocycles. The molecule has 0 radical (unpaired) electrons. The minimum Gasteiger partial charge on any atom is -0.477 e. The van der Waals surface area contributed by atoms with Gasteiger partial charge in [0.05, 0.1) is 11.4 Å². The van der Waals surface area contributed by atoms with Crippen molar-refractivity contribution in [2.45, 2.75) is 0 Å². The van der Waals surface area contributed by atoms with Crippen molar-refractivity contribution in [3.8, 4) is 0 Å². The maximum absolute atomic E-state index is 11.9. The number of carboxylic acids is 1. The lowest BCUT2D eigenvalue weighted by atomic mass is 10.2. The van der Waals surface area contributed by atoms with Crippen LogP contribution in [0, 0.1) is 0 Å². The summed E-state index contributed by atoms with van der Waals surface area (Å²) in [4.78, 5) is 44.3. The normalized spacial score (nSPS) is 9.97. The van der Waals surface area contributed by atoms with Crippen molar-refractivity contribution in [1.29, 1.82) is 0 Å². The molecule has 0 aliphatic heterocycles. The third-order valence-corrected chi connectivity index (χ3v) is 3.90. The molecule has 0 aliphatic carbocycles. The van der Waals surface area contributed by atoms with Gasteiger partial charge < -0.3 is 16.2 Å². The molecule has 30 heavy (non-hydrogen) atoms. The van der Waals surface area contributed by atoms with Gasteiger partial charge in [-0.1, -0.05) is 34.8 Å². The van der Waals surface area contributed by atoms with Crippen molar-refractivity contribution in [1.82, 2.24) is 20.4 Å². The number of carbonyl (C=O) groups excluding carboxylic acids is 1. The van der Waals surface area contributed by atoms with Gasteiger partial charge in [-0.3, -0.25) is 14.4 Å². The number of nitrogens with one attached hydrogen (secondary N) is 3. The fourth-order valence-electron chi connectivity index (χ4n) is 1.93. The SMILES string of the molecule is Nc1cc(Cl)ccc1NC(=O)c1cc(Cl)n[nH]c1=O.O=C(O)c1cc(Cl)n[nH]c1=O. The van der Waals surface area contributed by atoms with E-state index in [0.717, 1.165) is 6.07 Å². The van der Waals surface area contributed by atoms with E-state index in [2.05, 4.69) is 20.6 Å². The van der Waals surface area contributed by atoms with Gasteiger partial charge in [-0.15, -0.1) is 0 Å². The van der Waals surface area contributed by atoms with Gasteiger partial charge in [0.2, 0.25) is 0 Å². The van der Waals surface area contributed by atoms with Gasteiger partial charge in [0, 0.05) is 5.02 Å². The molecule has 156 valence electrons. The summed E-state index contributed by atoms with van der Waals surface area (Å²) in [7, 11) is 0. The number of aromatic nitrogens is 4. The minimum atomic E-state index is -1.32. The van der Waals surface area contributed by atoms with Crippen LogP contribution in [0.5, 0.6) is 0 Å². The summed E-state index contributed by atoms with van der Waals surface area (Å²) in [6, 6.07) is 6.75. The Morgan fingerprint density at radius 1 is 0.933 bits per heavy atom. The number of amides is 1. The molecule has 1 amide bonds. The number of anilines is 2. The van der Waals surface area contributed by atoms with Crippen molar-refractivity contribution in [2.75, 3.05) is 11.1 Å². The zero-order valence-corrected chi connectivity index (χ0v) is 16.8. The Balaban J connectivity index is 0.000000248. The molecule has 0 saturated heterocycles. The maximum Gasteiger partial charge on any atom is 0.341 e. The first-order valence-electron chi connectivity index (χ1n) is 7.68. The zero-order chi connectivity index (χ0) is 22.4. The molecule has 0 saturated carbocycles. The van der Waals surface area contributed by atoms with Gasteiger partial charge >= 0.3 is 5.97 Å². The molecule has 0 fully saturated rings. The predicted molar refractivity (Wildman–Crippen MR) is 111 cm³/mol. The number of halogens is 3. The average Bonchev–Trinajstić information content (AvgIpc) is 2.68. The van der Waals surface area contributed by atoms with Crippen molar-refractivity contribution in [3.05, 3.63) is 77.5 Å². The third kappa shape index (κ3) is 6.04. The van der Waals surface area contributed by atoms with Crippen LogP contribution < -0.4 is 22.2 Å². The van der Waals surface area contributed by atoms with E-state index in [9.17, 15) is 19.2 Å². The molecule has 3 rings (SSSR count). The highest BCUT2D eigenvalue weighted by Gasteiger charge is 2.13. The van der Waals surface area contributed by atoms with Crippen LogP contribution in [0.25, 0.3) is 0 Å². The van der Waals surface area contributed by atoms with E-state index in [0.29, 0.717) is 10.7 Å². The van der Waals surface area contributed by atoms with E-state index in [1.807, 2.05) is 5.10 Å². The number of H-pyrrole nitrogens is 2. The first-order valence-corrected chi connectivity index (χ1v) is 8.82. The van der Waals surface area contributed by atoms with Crippen LogP contribution in [0.4, 0.5) is 11.4 Å². The molecular weight excluding hydrogens is 463 g/mol. The number of hydrogen-bond donors (Lipinski definition) is 5. The summed E-state index contributed by atoms with van der Waals surface area (Å²) in [5, 5.41) is 22.1. The fraction of sp³-hybridized carbons (Fsp3) is 0. The number of nitrogens with zero attached hydrogens (tertiary/aromatic N) is 2. The highest BCUT2D eigenvalue weighted by Crippen LogP contribution is 2.23. The molecule has 0 spiro atoms. The van der Waals surface area contributed by atoms with Gasteiger partial charge in [-0.2, -0.15) is 10.2 Å². The Morgan fingerprint density at radius 2 is 1.47 bits per heavy atom. The fourth-order valence-corrected chi connectivity index (χ4v) is 2.41. The van der Waals surface area contributed by atoms with Crippen LogP contribution in [0.3, 0.4) is 0 Å². The molecular formula is C16H11Cl3N6O5. The summed E-state index contributed by atoms with van der Waals surface area (Å²) < 4.78 is 0. The molecule has 1 aromatic carbocycles. The molecule has 6 N–H and O–H groups in total. The highest BCUT2D eigenvalue weighted by molar-refractivity contribution is 6.31. The largest absolute Gasteiger partial charge is 0.477 e. The molecule has 0 aliphatic rings. The quantitative estimate of drug-likeness (QED) is 0.358. The van der Waals surface area contributed by atoms with Crippen molar-refractivity contribution in [2.24, 2.45) is 0 Å². The molecule has 0 unspecified atom stereocenters. The van der Waals surface area contributed by atoms with E-state index in [4.69, 9.17) is 45.6 Å².